The lowest BCUT2D eigenvalue weighted by Crippen LogP contribution is -2.58. The molecule has 1 nitrogen and oxygen atoms in total. The van der Waals surface area contributed by atoms with Crippen molar-refractivity contribution in [2.75, 3.05) is 0 Å². The molecule has 0 radical (unpaired) electrons. The van der Waals surface area contributed by atoms with Gasteiger partial charge in [0.2, 0.25) is 0 Å². The first-order chi connectivity index (χ1) is 6.86. The van der Waals surface area contributed by atoms with Gasteiger partial charge in [0.1, 0.15) is 0 Å². The molecule has 4 unspecified atom stereocenters. The first-order valence-electron chi connectivity index (χ1n) is 6.53. The summed E-state index contributed by atoms with van der Waals surface area (Å²) in [5.41, 5.74) is 0.638. The fourth-order valence-electron chi connectivity index (χ4n) is 3.49. The molecule has 3 rings (SSSR count). The minimum atomic E-state index is 0.178. The Hall–Kier alpha value is -0.0400. The van der Waals surface area contributed by atoms with Crippen LogP contribution in [0.5, 0.6) is 0 Å². The number of hydrogen-bond acceptors (Lipinski definition) is 1. The van der Waals surface area contributed by atoms with E-state index in [0.29, 0.717) is 11.5 Å². The first kappa shape index (κ1) is 11.4. The molecule has 2 heterocycles. The van der Waals surface area contributed by atoms with E-state index in [1.165, 1.54) is 25.7 Å². The van der Waals surface area contributed by atoms with Gasteiger partial charge in [-0.2, -0.15) is 0 Å². The van der Waals surface area contributed by atoms with Crippen molar-refractivity contribution >= 4 is 0 Å². The van der Waals surface area contributed by atoms with E-state index in [9.17, 15) is 0 Å². The van der Waals surface area contributed by atoms with Gasteiger partial charge in [-0.3, -0.25) is 0 Å². The third kappa shape index (κ3) is 1.84. The summed E-state index contributed by atoms with van der Waals surface area (Å²) in [6.45, 7) is 11.7. The summed E-state index contributed by atoms with van der Waals surface area (Å²) in [5, 5.41) is 0. The maximum absolute atomic E-state index is 6.40. The number of fused-ring (bicyclic) bond motifs is 3. The number of rotatable bonds is 2. The minimum absolute atomic E-state index is 0.178. The highest BCUT2D eigenvalue weighted by Crippen LogP contribution is 2.55. The van der Waals surface area contributed by atoms with E-state index in [2.05, 4.69) is 34.6 Å². The van der Waals surface area contributed by atoms with Crippen molar-refractivity contribution in [3.63, 3.8) is 0 Å². The predicted octanol–water partition coefficient (Wildman–Crippen LogP) is 4.02. The molecule has 15 heavy (non-hydrogen) atoms. The van der Waals surface area contributed by atoms with Crippen molar-refractivity contribution in [1.29, 1.82) is 0 Å². The van der Waals surface area contributed by atoms with Crippen molar-refractivity contribution < 1.29 is 4.74 Å². The summed E-state index contributed by atoms with van der Waals surface area (Å²) in [6, 6.07) is 0. The lowest BCUT2D eigenvalue weighted by molar-refractivity contribution is -0.249. The largest absolute Gasteiger partial charge is 0.371 e. The molecule has 4 atom stereocenters. The molecule has 0 aromatic heterocycles. The first-order valence-corrected chi connectivity index (χ1v) is 6.53. The molecule has 0 spiro atoms. The third-order valence-corrected chi connectivity index (χ3v) is 4.88. The van der Waals surface area contributed by atoms with Gasteiger partial charge in [0.05, 0.1) is 11.7 Å². The van der Waals surface area contributed by atoms with Crippen LogP contribution in [0.25, 0.3) is 0 Å². The molecule has 1 heteroatoms. The van der Waals surface area contributed by atoms with Crippen molar-refractivity contribution in [2.24, 2.45) is 17.3 Å². The lowest BCUT2D eigenvalue weighted by Gasteiger charge is -2.59. The average Bonchev–Trinajstić information content (AvgIpc) is 2.09. The molecule has 3 aliphatic rings. The lowest BCUT2D eigenvalue weighted by atomic mass is 9.58. The molecule has 1 saturated carbocycles. The van der Waals surface area contributed by atoms with Crippen molar-refractivity contribution in [3.8, 4) is 0 Å². The molecule has 2 saturated heterocycles. The van der Waals surface area contributed by atoms with Crippen LogP contribution in [0.2, 0.25) is 0 Å². The van der Waals surface area contributed by atoms with Gasteiger partial charge in [-0.1, -0.05) is 27.7 Å². The Labute approximate surface area is 94.6 Å². The molecule has 0 aromatic carbocycles. The molecule has 3 fully saturated rings. The van der Waals surface area contributed by atoms with Crippen LogP contribution in [0.4, 0.5) is 0 Å². The van der Waals surface area contributed by atoms with E-state index in [-0.39, 0.29) is 5.60 Å². The summed E-state index contributed by atoms with van der Waals surface area (Å²) >= 11 is 0. The van der Waals surface area contributed by atoms with Gasteiger partial charge in [0.25, 0.3) is 0 Å². The maximum Gasteiger partial charge on any atom is 0.0684 e. The van der Waals surface area contributed by atoms with Crippen molar-refractivity contribution in [2.45, 2.75) is 72.0 Å². The normalized spacial score (nSPS) is 50.0. The Balaban J connectivity index is 2.16. The SMILES string of the molecule is CC(C)CC1OC2(C)CCC1(C)CC2C. The van der Waals surface area contributed by atoms with Gasteiger partial charge in [-0.15, -0.1) is 0 Å². The monoisotopic (exact) mass is 210 g/mol. The zero-order chi connectivity index (χ0) is 11.3. The van der Waals surface area contributed by atoms with Gasteiger partial charge in [-0.25, -0.2) is 0 Å². The van der Waals surface area contributed by atoms with E-state index in [1.54, 1.807) is 0 Å². The van der Waals surface area contributed by atoms with Gasteiger partial charge < -0.3 is 4.74 Å². The molecule has 88 valence electrons. The van der Waals surface area contributed by atoms with Crippen LogP contribution in [-0.2, 0) is 4.74 Å². The summed E-state index contributed by atoms with van der Waals surface area (Å²) in [7, 11) is 0. The summed E-state index contributed by atoms with van der Waals surface area (Å²) in [4.78, 5) is 0. The fraction of sp³-hybridized carbons (Fsp3) is 1.00. The Kier molecular flexibility index (Phi) is 2.65. The maximum atomic E-state index is 6.40. The molecule has 0 aromatic rings. The Morgan fingerprint density at radius 3 is 2.47 bits per heavy atom. The molecular formula is C14H26O. The van der Waals surface area contributed by atoms with Gasteiger partial charge in [0.15, 0.2) is 0 Å². The van der Waals surface area contributed by atoms with Crippen LogP contribution >= 0.6 is 0 Å². The molecule has 0 N–H and O–H groups in total. The Morgan fingerprint density at radius 2 is 1.93 bits per heavy atom. The van der Waals surface area contributed by atoms with Crippen LogP contribution in [0.15, 0.2) is 0 Å². The smallest absolute Gasteiger partial charge is 0.0684 e. The number of hydrogen-bond donors (Lipinski definition) is 0. The van der Waals surface area contributed by atoms with Crippen LogP contribution in [0.1, 0.15) is 60.3 Å². The molecule has 2 aliphatic heterocycles. The van der Waals surface area contributed by atoms with Crippen LogP contribution in [0, 0.1) is 17.3 Å². The summed E-state index contributed by atoms with van der Waals surface area (Å²) in [5.74, 6) is 1.49. The van der Waals surface area contributed by atoms with E-state index < -0.39 is 0 Å². The Bertz CT molecular complexity index is 248. The van der Waals surface area contributed by atoms with Crippen LogP contribution < -0.4 is 0 Å². The van der Waals surface area contributed by atoms with Crippen molar-refractivity contribution in [3.05, 3.63) is 0 Å². The second kappa shape index (κ2) is 3.48. The van der Waals surface area contributed by atoms with E-state index in [4.69, 9.17) is 4.74 Å². The average molecular weight is 210 g/mol. The van der Waals surface area contributed by atoms with E-state index >= 15 is 0 Å². The zero-order valence-electron chi connectivity index (χ0n) is 11.0. The van der Waals surface area contributed by atoms with E-state index in [1.807, 2.05) is 0 Å². The topological polar surface area (TPSA) is 9.23 Å². The highest BCUT2D eigenvalue weighted by atomic mass is 16.5. The number of ether oxygens (including phenoxy) is 1. The quantitative estimate of drug-likeness (QED) is 0.669. The fourth-order valence-corrected chi connectivity index (χ4v) is 3.49. The van der Waals surface area contributed by atoms with E-state index in [0.717, 1.165) is 11.8 Å². The second-order valence-corrected chi connectivity index (χ2v) is 6.81. The highest BCUT2D eigenvalue weighted by Gasteiger charge is 2.54. The van der Waals surface area contributed by atoms with Crippen molar-refractivity contribution in [1.82, 2.24) is 0 Å². The van der Waals surface area contributed by atoms with Gasteiger partial charge in [0, 0.05) is 0 Å². The van der Waals surface area contributed by atoms with Crippen LogP contribution in [-0.4, -0.2) is 11.7 Å². The molecular weight excluding hydrogens is 184 g/mol. The minimum Gasteiger partial charge on any atom is -0.371 e. The standard InChI is InChI=1S/C14H26O/c1-10(2)8-12-13(4)6-7-14(5,15-12)11(3)9-13/h10-12H,6-9H2,1-5H3. The Morgan fingerprint density at radius 1 is 1.27 bits per heavy atom. The molecule has 0 amide bonds. The summed E-state index contributed by atoms with van der Waals surface area (Å²) in [6.07, 6.45) is 5.73. The van der Waals surface area contributed by atoms with Crippen LogP contribution in [0.3, 0.4) is 0 Å². The highest BCUT2D eigenvalue weighted by molar-refractivity contribution is 5.03. The third-order valence-electron chi connectivity index (χ3n) is 4.88. The summed E-state index contributed by atoms with van der Waals surface area (Å²) < 4.78 is 6.40. The molecule has 2 bridgehead atoms. The van der Waals surface area contributed by atoms with Gasteiger partial charge >= 0.3 is 0 Å². The molecule has 1 aliphatic carbocycles. The van der Waals surface area contributed by atoms with Gasteiger partial charge in [-0.05, 0) is 49.9 Å². The zero-order valence-corrected chi connectivity index (χ0v) is 11.0. The second-order valence-electron chi connectivity index (χ2n) is 6.81. The predicted molar refractivity (Wildman–Crippen MR) is 63.9 cm³/mol.